The zero-order chi connectivity index (χ0) is 12.5. The Morgan fingerprint density at radius 2 is 2.12 bits per heavy atom. The maximum absolute atomic E-state index is 6.11. The molecule has 0 amide bonds. The molecule has 2 rings (SSSR count). The van der Waals surface area contributed by atoms with Crippen LogP contribution >= 0.6 is 11.6 Å². The molecule has 1 saturated carbocycles. The van der Waals surface area contributed by atoms with Crippen LogP contribution in [-0.2, 0) is 11.3 Å². The highest BCUT2D eigenvalue weighted by atomic mass is 35.5. The van der Waals surface area contributed by atoms with Crippen molar-refractivity contribution in [1.82, 2.24) is 14.8 Å². The minimum absolute atomic E-state index is 0.145. The first-order valence-electron chi connectivity index (χ1n) is 6.11. The first kappa shape index (κ1) is 12.8. The van der Waals surface area contributed by atoms with Gasteiger partial charge < -0.3 is 9.30 Å². The normalized spacial score (nSPS) is 16.5. The van der Waals surface area contributed by atoms with Gasteiger partial charge in [-0.05, 0) is 36.3 Å². The van der Waals surface area contributed by atoms with Crippen LogP contribution in [-0.4, -0.2) is 28.5 Å². The first-order valence-corrected chi connectivity index (χ1v) is 6.49. The third kappa shape index (κ3) is 3.19. The van der Waals surface area contributed by atoms with Gasteiger partial charge in [-0.3, -0.25) is 0 Å². The average Bonchev–Trinajstić information content (AvgIpc) is 3.04. The summed E-state index contributed by atoms with van der Waals surface area (Å²) in [4.78, 5) is 0. The van der Waals surface area contributed by atoms with Crippen LogP contribution in [0.5, 0.6) is 0 Å². The van der Waals surface area contributed by atoms with E-state index in [1.54, 1.807) is 7.11 Å². The van der Waals surface area contributed by atoms with Gasteiger partial charge >= 0.3 is 0 Å². The Bertz CT molecular complexity index is 385. The number of nitrogens with zero attached hydrogens (tertiary/aromatic N) is 3. The third-order valence-corrected chi connectivity index (χ3v) is 3.53. The standard InChI is InChI=1S/C12H20ClN3O/c1-12(2,6-7-17-3)8-16-10(9-4-5-9)14-15-11(16)13/h9H,4-8H2,1-3H3. The highest BCUT2D eigenvalue weighted by molar-refractivity contribution is 6.28. The Morgan fingerprint density at radius 1 is 1.41 bits per heavy atom. The van der Waals surface area contributed by atoms with E-state index in [4.69, 9.17) is 16.3 Å². The van der Waals surface area contributed by atoms with Crippen molar-refractivity contribution in [2.24, 2.45) is 5.41 Å². The Balaban J connectivity index is 2.08. The molecule has 0 aromatic carbocycles. The van der Waals surface area contributed by atoms with Crippen molar-refractivity contribution in [3.05, 3.63) is 11.1 Å². The van der Waals surface area contributed by atoms with Crippen molar-refractivity contribution < 1.29 is 4.74 Å². The molecule has 0 radical (unpaired) electrons. The predicted molar refractivity (Wildman–Crippen MR) is 67.3 cm³/mol. The molecule has 0 bridgehead atoms. The Morgan fingerprint density at radius 3 is 2.71 bits per heavy atom. The van der Waals surface area contributed by atoms with E-state index in [1.807, 2.05) is 0 Å². The Hall–Kier alpha value is -0.610. The summed E-state index contributed by atoms with van der Waals surface area (Å²) >= 11 is 6.11. The fourth-order valence-corrected chi connectivity index (χ4v) is 2.15. The fraction of sp³-hybridized carbons (Fsp3) is 0.833. The van der Waals surface area contributed by atoms with Crippen LogP contribution in [0, 0.1) is 5.41 Å². The molecule has 1 aromatic rings. The molecular formula is C12H20ClN3O. The van der Waals surface area contributed by atoms with Gasteiger partial charge in [0.1, 0.15) is 5.82 Å². The van der Waals surface area contributed by atoms with Gasteiger partial charge in [-0.1, -0.05) is 13.8 Å². The molecule has 0 N–H and O–H groups in total. The molecule has 0 atom stereocenters. The SMILES string of the molecule is COCCC(C)(C)Cn1c(Cl)nnc1C1CC1. The lowest BCUT2D eigenvalue weighted by atomic mass is 9.89. The lowest BCUT2D eigenvalue weighted by molar-refractivity contribution is 0.142. The van der Waals surface area contributed by atoms with Crippen molar-refractivity contribution in [2.45, 2.75) is 45.6 Å². The van der Waals surface area contributed by atoms with Crippen LogP contribution in [0.1, 0.15) is 44.9 Å². The molecule has 1 aliphatic rings. The van der Waals surface area contributed by atoms with E-state index in [0.717, 1.165) is 25.4 Å². The van der Waals surface area contributed by atoms with Crippen molar-refractivity contribution in [3.8, 4) is 0 Å². The Labute approximate surface area is 107 Å². The maximum atomic E-state index is 6.11. The number of methoxy groups -OCH3 is 1. The fourth-order valence-electron chi connectivity index (χ4n) is 1.97. The van der Waals surface area contributed by atoms with Crippen LogP contribution in [0.2, 0.25) is 5.28 Å². The van der Waals surface area contributed by atoms with Gasteiger partial charge in [0.25, 0.3) is 0 Å². The lowest BCUT2D eigenvalue weighted by Crippen LogP contribution is -2.22. The van der Waals surface area contributed by atoms with Gasteiger partial charge in [-0.2, -0.15) is 0 Å². The largest absolute Gasteiger partial charge is 0.385 e. The topological polar surface area (TPSA) is 39.9 Å². The quantitative estimate of drug-likeness (QED) is 0.787. The highest BCUT2D eigenvalue weighted by Crippen LogP contribution is 2.40. The Kier molecular flexibility index (Phi) is 3.73. The first-order chi connectivity index (χ1) is 8.03. The molecule has 4 nitrogen and oxygen atoms in total. The van der Waals surface area contributed by atoms with E-state index < -0.39 is 0 Å². The smallest absolute Gasteiger partial charge is 0.225 e. The summed E-state index contributed by atoms with van der Waals surface area (Å²) in [6, 6.07) is 0. The molecule has 0 aliphatic heterocycles. The highest BCUT2D eigenvalue weighted by Gasteiger charge is 2.32. The average molecular weight is 258 g/mol. The van der Waals surface area contributed by atoms with E-state index in [9.17, 15) is 0 Å². The summed E-state index contributed by atoms with van der Waals surface area (Å²) in [6.07, 6.45) is 3.43. The molecule has 1 aliphatic carbocycles. The monoisotopic (exact) mass is 257 g/mol. The summed E-state index contributed by atoms with van der Waals surface area (Å²) in [5, 5.41) is 8.69. The molecule has 0 saturated heterocycles. The number of hydrogen-bond acceptors (Lipinski definition) is 3. The number of hydrogen-bond donors (Lipinski definition) is 0. The summed E-state index contributed by atoms with van der Waals surface area (Å²) in [5.41, 5.74) is 0.145. The van der Waals surface area contributed by atoms with Crippen molar-refractivity contribution in [1.29, 1.82) is 0 Å². The zero-order valence-electron chi connectivity index (χ0n) is 10.7. The minimum Gasteiger partial charge on any atom is -0.385 e. The molecule has 1 aromatic heterocycles. The van der Waals surface area contributed by atoms with Crippen LogP contribution in [0.15, 0.2) is 0 Å². The summed E-state index contributed by atoms with van der Waals surface area (Å²) in [7, 11) is 1.73. The molecule has 96 valence electrons. The molecule has 17 heavy (non-hydrogen) atoms. The second-order valence-corrected chi connectivity index (χ2v) is 5.93. The zero-order valence-corrected chi connectivity index (χ0v) is 11.5. The lowest BCUT2D eigenvalue weighted by Gasteiger charge is -2.25. The number of ether oxygens (including phenoxy) is 1. The van der Waals surface area contributed by atoms with Gasteiger partial charge in [0.15, 0.2) is 0 Å². The number of rotatable bonds is 6. The van der Waals surface area contributed by atoms with Gasteiger partial charge in [-0.25, -0.2) is 0 Å². The molecule has 1 heterocycles. The second-order valence-electron chi connectivity index (χ2n) is 5.59. The van der Waals surface area contributed by atoms with Crippen LogP contribution in [0.4, 0.5) is 0 Å². The van der Waals surface area contributed by atoms with Crippen molar-refractivity contribution in [3.63, 3.8) is 0 Å². The summed E-state index contributed by atoms with van der Waals surface area (Å²) in [5.74, 6) is 1.63. The number of halogens is 1. The van der Waals surface area contributed by atoms with E-state index in [-0.39, 0.29) is 5.41 Å². The summed E-state index contributed by atoms with van der Waals surface area (Å²) < 4.78 is 7.21. The maximum Gasteiger partial charge on any atom is 0.225 e. The third-order valence-electron chi connectivity index (χ3n) is 3.25. The number of aromatic nitrogens is 3. The van der Waals surface area contributed by atoms with Crippen LogP contribution < -0.4 is 0 Å². The van der Waals surface area contributed by atoms with Gasteiger partial charge in [0.05, 0.1) is 0 Å². The predicted octanol–water partition coefficient (Wildman–Crippen LogP) is 2.87. The van der Waals surface area contributed by atoms with E-state index >= 15 is 0 Å². The van der Waals surface area contributed by atoms with Crippen LogP contribution in [0.3, 0.4) is 0 Å². The molecule has 0 unspecified atom stereocenters. The van der Waals surface area contributed by atoms with Gasteiger partial charge in [0.2, 0.25) is 5.28 Å². The van der Waals surface area contributed by atoms with E-state index in [2.05, 4.69) is 28.6 Å². The molecular weight excluding hydrogens is 238 g/mol. The van der Waals surface area contributed by atoms with E-state index in [1.165, 1.54) is 12.8 Å². The molecule has 1 fully saturated rings. The van der Waals surface area contributed by atoms with Crippen molar-refractivity contribution >= 4 is 11.6 Å². The second kappa shape index (κ2) is 4.94. The molecule has 0 spiro atoms. The minimum atomic E-state index is 0.145. The van der Waals surface area contributed by atoms with Gasteiger partial charge in [-0.15, -0.1) is 10.2 Å². The van der Waals surface area contributed by atoms with Gasteiger partial charge in [0, 0.05) is 26.2 Å². The van der Waals surface area contributed by atoms with E-state index in [0.29, 0.717) is 11.2 Å². The van der Waals surface area contributed by atoms with Crippen LogP contribution in [0.25, 0.3) is 0 Å². The van der Waals surface area contributed by atoms with Crippen molar-refractivity contribution in [2.75, 3.05) is 13.7 Å². The summed E-state index contributed by atoms with van der Waals surface area (Å²) in [6.45, 7) is 6.07. The molecule has 5 heteroatoms.